The van der Waals surface area contributed by atoms with Gasteiger partial charge >= 0.3 is 0 Å². The second-order valence-electron chi connectivity index (χ2n) is 2.23. The SMILES string of the molecule is CC(N)(O)c1ccc[nH]1. The Labute approximate surface area is 53.5 Å². The molecule has 50 valence electrons. The van der Waals surface area contributed by atoms with Crippen LogP contribution in [0.1, 0.15) is 12.6 Å². The molecule has 0 spiro atoms. The fraction of sp³-hybridized carbons (Fsp3) is 0.333. The highest BCUT2D eigenvalue weighted by molar-refractivity contribution is 5.09. The zero-order valence-electron chi connectivity index (χ0n) is 5.26. The van der Waals surface area contributed by atoms with Gasteiger partial charge in [0, 0.05) is 6.20 Å². The van der Waals surface area contributed by atoms with Crippen molar-refractivity contribution in [2.24, 2.45) is 5.73 Å². The van der Waals surface area contributed by atoms with Crippen LogP contribution in [0.2, 0.25) is 0 Å². The van der Waals surface area contributed by atoms with E-state index in [0.717, 1.165) is 0 Å². The number of aromatic nitrogens is 1. The van der Waals surface area contributed by atoms with E-state index in [1.54, 1.807) is 18.3 Å². The van der Waals surface area contributed by atoms with Crippen LogP contribution in [-0.4, -0.2) is 10.1 Å². The normalized spacial score (nSPS) is 17.2. The maximum absolute atomic E-state index is 9.12. The van der Waals surface area contributed by atoms with E-state index in [1.807, 2.05) is 0 Å². The van der Waals surface area contributed by atoms with E-state index in [4.69, 9.17) is 10.8 Å². The van der Waals surface area contributed by atoms with Crippen molar-refractivity contribution < 1.29 is 5.11 Å². The molecule has 0 fully saturated rings. The molecule has 1 aromatic rings. The van der Waals surface area contributed by atoms with E-state index in [0.29, 0.717) is 5.69 Å². The lowest BCUT2D eigenvalue weighted by molar-refractivity contribution is 0.0606. The molecule has 0 saturated heterocycles. The minimum Gasteiger partial charge on any atom is -0.371 e. The summed E-state index contributed by atoms with van der Waals surface area (Å²) in [6, 6.07) is 3.52. The summed E-state index contributed by atoms with van der Waals surface area (Å²) in [7, 11) is 0. The van der Waals surface area contributed by atoms with Crippen LogP contribution in [0.25, 0.3) is 0 Å². The first-order chi connectivity index (χ1) is 4.11. The lowest BCUT2D eigenvalue weighted by Crippen LogP contribution is -2.32. The topological polar surface area (TPSA) is 62.0 Å². The number of hydrogen-bond donors (Lipinski definition) is 3. The molecule has 0 bridgehead atoms. The number of aromatic amines is 1. The minimum absolute atomic E-state index is 0.627. The Morgan fingerprint density at radius 1 is 1.78 bits per heavy atom. The third-order valence-electron chi connectivity index (χ3n) is 1.14. The van der Waals surface area contributed by atoms with Crippen LogP contribution in [0.3, 0.4) is 0 Å². The van der Waals surface area contributed by atoms with Gasteiger partial charge in [-0.25, -0.2) is 0 Å². The highest BCUT2D eigenvalue weighted by atomic mass is 16.3. The van der Waals surface area contributed by atoms with Gasteiger partial charge in [0.2, 0.25) is 0 Å². The summed E-state index contributed by atoms with van der Waals surface area (Å²) < 4.78 is 0. The van der Waals surface area contributed by atoms with Gasteiger partial charge in [0.25, 0.3) is 0 Å². The highest BCUT2D eigenvalue weighted by Gasteiger charge is 2.15. The molecule has 1 aromatic heterocycles. The molecule has 9 heavy (non-hydrogen) atoms. The number of nitrogens with two attached hydrogens (primary N) is 1. The summed E-state index contributed by atoms with van der Waals surface area (Å²) >= 11 is 0. The van der Waals surface area contributed by atoms with Gasteiger partial charge in [-0.3, -0.25) is 5.73 Å². The molecule has 0 radical (unpaired) electrons. The maximum Gasteiger partial charge on any atom is 0.151 e. The zero-order valence-corrected chi connectivity index (χ0v) is 5.26. The molecular weight excluding hydrogens is 116 g/mol. The summed E-state index contributed by atoms with van der Waals surface area (Å²) in [6.45, 7) is 1.53. The molecule has 1 heterocycles. The summed E-state index contributed by atoms with van der Waals surface area (Å²) in [6.07, 6.45) is 1.72. The van der Waals surface area contributed by atoms with E-state index < -0.39 is 5.72 Å². The van der Waals surface area contributed by atoms with Gasteiger partial charge in [-0.1, -0.05) is 0 Å². The number of aliphatic hydroxyl groups is 1. The van der Waals surface area contributed by atoms with Gasteiger partial charge < -0.3 is 10.1 Å². The molecule has 0 amide bonds. The van der Waals surface area contributed by atoms with Crippen LogP contribution in [-0.2, 0) is 5.72 Å². The van der Waals surface area contributed by atoms with Crippen molar-refractivity contribution in [3.63, 3.8) is 0 Å². The summed E-state index contributed by atoms with van der Waals surface area (Å²) in [5.74, 6) is 0. The Kier molecular flexibility index (Phi) is 1.31. The molecule has 3 heteroatoms. The van der Waals surface area contributed by atoms with Crippen LogP contribution in [0.4, 0.5) is 0 Å². The Hall–Kier alpha value is -0.800. The van der Waals surface area contributed by atoms with Gasteiger partial charge in [0.1, 0.15) is 0 Å². The first-order valence-electron chi connectivity index (χ1n) is 2.76. The lowest BCUT2D eigenvalue weighted by atomic mass is 10.2. The smallest absolute Gasteiger partial charge is 0.151 e. The summed E-state index contributed by atoms with van der Waals surface area (Å²) in [4.78, 5) is 2.80. The van der Waals surface area contributed by atoms with Gasteiger partial charge in [-0.05, 0) is 19.1 Å². The Morgan fingerprint density at radius 3 is 2.67 bits per heavy atom. The largest absolute Gasteiger partial charge is 0.371 e. The van der Waals surface area contributed by atoms with E-state index in [-0.39, 0.29) is 0 Å². The second-order valence-corrected chi connectivity index (χ2v) is 2.23. The minimum atomic E-state index is -1.23. The third-order valence-corrected chi connectivity index (χ3v) is 1.14. The third kappa shape index (κ3) is 1.31. The van der Waals surface area contributed by atoms with Gasteiger partial charge in [-0.15, -0.1) is 0 Å². The van der Waals surface area contributed by atoms with Crippen molar-refractivity contribution in [3.8, 4) is 0 Å². The molecule has 0 aliphatic rings. The molecule has 1 unspecified atom stereocenters. The van der Waals surface area contributed by atoms with Crippen LogP contribution in [0.5, 0.6) is 0 Å². The number of nitrogens with one attached hydrogen (secondary N) is 1. The van der Waals surface area contributed by atoms with Gasteiger partial charge in [0.15, 0.2) is 5.72 Å². The number of hydrogen-bond acceptors (Lipinski definition) is 2. The average molecular weight is 126 g/mol. The lowest BCUT2D eigenvalue weighted by Gasteiger charge is -2.14. The number of rotatable bonds is 1. The van der Waals surface area contributed by atoms with Crippen LogP contribution >= 0.6 is 0 Å². The Morgan fingerprint density at radius 2 is 2.44 bits per heavy atom. The molecule has 0 aliphatic carbocycles. The average Bonchev–Trinajstić information content (AvgIpc) is 2.08. The van der Waals surface area contributed by atoms with Crippen molar-refractivity contribution in [2.45, 2.75) is 12.6 Å². The van der Waals surface area contributed by atoms with E-state index in [2.05, 4.69) is 4.98 Å². The Bertz CT molecular complexity index is 173. The first-order valence-corrected chi connectivity index (χ1v) is 2.76. The number of H-pyrrole nitrogens is 1. The standard InChI is InChI=1S/C6H10N2O/c1-6(7,9)5-3-2-4-8-5/h2-4,8-9H,7H2,1H3. The van der Waals surface area contributed by atoms with Crippen molar-refractivity contribution >= 4 is 0 Å². The van der Waals surface area contributed by atoms with E-state index in [1.165, 1.54) is 6.92 Å². The Balaban J connectivity index is 2.90. The summed E-state index contributed by atoms with van der Waals surface area (Å²) in [5, 5.41) is 9.12. The highest BCUT2D eigenvalue weighted by Crippen LogP contribution is 2.09. The molecule has 4 N–H and O–H groups in total. The van der Waals surface area contributed by atoms with Gasteiger partial charge in [-0.2, -0.15) is 0 Å². The van der Waals surface area contributed by atoms with Crippen LogP contribution < -0.4 is 5.73 Å². The molecule has 1 atom stereocenters. The monoisotopic (exact) mass is 126 g/mol. The first kappa shape index (κ1) is 6.32. The fourth-order valence-corrected chi connectivity index (χ4v) is 0.645. The molecular formula is C6H10N2O. The zero-order chi connectivity index (χ0) is 6.91. The summed E-state index contributed by atoms with van der Waals surface area (Å²) in [5.41, 5.74) is 4.72. The second kappa shape index (κ2) is 1.86. The maximum atomic E-state index is 9.12. The van der Waals surface area contributed by atoms with Crippen LogP contribution in [0.15, 0.2) is 18.3 Å². The van der Waals surface area contributed by atoms with Crippen molar-refractivity contribution in [3.05, 3.63) is 24.0 Å². The van der Waals surface area contributed by atoms with Crippen molar-refractivity contribution in [2.75, 3.05) is 0 Å². The van der Waals surface area contributed by atoms with Crippen LogP contribution in [0, 0.1) is 0 Å². The molecule has 3 nitrogen and oxygen atoms in total. The quantitative estimate of drug-likeness (QED) is 0.469. The molecule has 0 saturated carbocycles. The molecule has 1 rings (SSSR count). The van der Waals surface area contributed by atoms with E-state index >= 15 is 0 Å². The predicted octanol–water partition coefficient (Wildman–Crippen LogP) is 0.138. The van der Waals surface area contributed by atoms with Crippen molar-refractivity contribution in [1.29, 1.82) is 0 Å². The molecule has 0 aromatic carbocycles. The fourth-order valence-electron chi connectivity index (χ4n) is 0.645. The molecule has 0 aliphatic heterocycles. The predicted molar refractivity (Wildman–Crippen MR) is 34.6 cm³/mol. The van der Waals surface area contributed by atoms with Gasteiger partial charge in [0.05, 0.1) is 5.69 Å². The van der Waals surface area contributed by atoms with Crippen molar-refractivity contribution in [1.82, 2.24) is 4.98 Å². The van der Waals surface area contributed by atoms with E-state index in [9.17, 15) is 0 Å².